The maximum Gasteiger partial charge on any atom is 0.228 e. The zero-order chi connectivity index (χ0) is 15.2. The van der Waals surface area contributed by atoms with Gasteiger partial charge in [0.05, 0.1) is 20.6 Å². The number of rotatable bonds is 5. The van der Waals surface area contributed by atoms with Crippen molar-refractivity contribution in [1.82, 2.24) is 0 Å². The molecule has 1 N–H and O–H groups in total. The van der Waals surface area contributed by atoms with Crippen LogP contribution in [0.15, 0.2) is 42.5 Å². The minimum absolute atomic E-state index is 0.0872. The summed E-state index contributed by atoms with van der Waals surface area (Å²) in [7, 11) is 3.18. The van der Waals surface area contributed by atoms with Crippen molar-refractivity contribution in [2.45, 2.75) is 13.3 Å². The van der Waals surface area contributed by atoms with Crippen LogP contribution in [0.1, 0.15) is 11.1 Å². The second-order valence-corrected chi connectivity index (χ2v) is 4.72. The van der Waals surface area contributed by atoms with Gasteiger partial charge in [-0.2, -0.15) is 0 Å². The highest BCUT2D eigenvalue weighted by atomic mass is 16.5. The van der Waals surface area contributed by atoms with Gasteiger partial charge in [-0.05, 0) is 36.8 Å². The van der Waals surface area contributed by atoms with E-state index in [-0.39, 0.29) is 12.3 Å². The molecule has 0 aromatic heterocycles. The second-order valence-electron chi connectivity index (χ2n) is 4.72. The Hall–Kier alpha value is -2.49. The van der Waals surface area contributed by atoms with Crippen LogP contribution in [-0.4, -0.2) is 20.1 Å². The molecule has 21 heavy (non-hydrogen) atoms. The molecule has 0 spiro atoms. The summed E-state index contributed by atoms with van der Waals surface area (Å²) in [5, 5.41) is 2.91. The molecule has 0 unspecified atom stereocenters. The van der Waals surface area contributed by atoms with Crippen molar-refractivity contribution in [2.75, 3.05) is 19.5 Å². The fourth-order valence-electron chi connectivity index (χ4n) is 2.10. The highest BCUT2D eigenvalue weighted by Crippen LogP contribution is 2.25. The van der Waals surface area contributed by atoms with Crippen LogP contribution in [0.25, 0.3) is 0 Å². The highest BCUT2D eigenvalue weighted by molar-refractivity contribution is 5.93. The molecule has 4 heteroatoms. The Bertz CT molecular complexity index is 638. The molecule has 2 aromatic carbocycles. The Morgan fingerprint density at radius 1 is 1.10 bits per heavy atom. The summed E-state index contributed by atoms with van der Waals surface area (Å²) in [6, 6.07) is 13.1. The minimum Gasteiger partial charge on any atom is -0.497 e. The number of ether oxygens (including phenoxy) is 2. The molecule has 0 aliphatic heterocycles. The topological polar surface area (TPSA) is 47.6 Å². The number of amides is 1. The molecule has 0 atom stereocenters. The van der Waals surface area contributed by atoms with Crippen LogP contribution < -0.4 is 14.8 Å². The van der Waals surface area contributed by atoms with Crippen molar-refractivity contribution in [3.05, 3.63) is 53.6 Å². The molecule has 0 saturated heterocycles. The fourth-order valence-corrected chi connectivity index (χ4v) is 2.10. The molecule has 0 aliphatic carbocycles. The number of benzene rings is 2. The van der Waals surface area contributed by atoms with E-state index in [4.69, 9.17) is 9.47 Å². The van der Waals surface area contributed by atoms with Crippen LogP contribution in [-0.2, 0) is 11.2 Å². The standard InChI is InChI=1S/C17H19NO3/c1-12-6-4-5-7-15(12)18-17(19)11-13-10-14(20-2)8-9-16(13)21-3/h4-10H,11H2,1-3H3,(H,18,19). The third-order valence-corrected chi connectivity index (χ3v) is 3.26. The highest BCUT2D eigenvalue weighted by Gasteiger charge is 2.11. The number of anilines is 1. The number of methoxy groups -OCH3 is 2. The lowest BCUT2D eigenvalue weighted by Crippen LogP contribution is -2.15. The molecule has 0 saturated carbocycles. The van der Waals surface area contributed by atoms with Gasteiger partial charge in [0.1, 0.15) is 11.5 Å². The maximum absolute atomic E-state index is 12.2. The van der Waals surface area contributed by atoms with Gasteiger partial charge in [0.25, 0.3) is 0 Å². The number of hydrogen-bond acceptors (Lipinski definition) is 3. The van der Waals surface area contributed by atoms with E-state index in [9.17, 15) is 4.79 Å². The van der Waals surface area contributed by atoms with Crippen LogP contribution in [0.3, 0.4) is 0 Å². The first-order valence-corrected chi connectivity index (χ1v) is 6.70. The lowest BCUT2D eigenvalue weighted by molar-refractivity contribution is -0.115. The zero-order valence-corrected chi connectivity index (χ0v) is 12.5. The Morgan fingerprint density at radius 3 is 2.52 bits per heavy atom. The van der Waals surface area contributed by atoms with Gasteiger partial charge >= 0.3 is 0 Å². The first-order chi connectivity index (χ1) is 10.1. The molecule has 0 aliphatic rings. The SMILES string of the molecule is COc1ccc(OC)c(CC(=O)Nc2ccccc2C)c1. The van der Waals surface area contributed by atoms with Crippen molar-refractivity contribution < 1.29 is 14.3 Å². The van der Waals surface area contributed by atoms with Crippen molar-refractivity contribution in [3.63, 3.8) is 0 Å². The first kappa shape index (κ1) is 14.9. The van der Waals surface area contributed by atoms with E-state index in [1.54, 1.807) is 20.3 Å². The summed E-state index contributed by atoms with van der Waals surface area (Å²) >= 11 is 0. The second kappa shape index (κ2) is 6.79. The summed E-state index contributed by atoms with van der Waals surface area (Å²) in [6.45, 7) is 1.96. The average molecular weight is 285 g/mol. The lowest BCUT2D eigenvalue weighted by atomic mass is 10.1. The first-order valence-electron chi connectivity index (χ1n) is 6.70. The predicted molar refractivity (Wildman–Crippen MR) is 83.1 cm³/mol. The average Bonchev–Trinajstić information content (AvgIpc) is 2.49. The summed E-state index contributed by atoms with van der Waals surface area (Å²) in [4.78, 5) is 12.2. The van der Waals surface area contributed by atoms with Crippen molar-refractivity contribution in [2.24, 2.45) is 0 Å². The summed E-state index contributed by atoms with van der Waals surface area (Å²) < 4.78 is 10.5. The minimum atomic E-state index is -0.0872. The number of nitrogens with one attached hydrogen (secondary N) is 1. The van der Waals surface area contributed by atoms with Crippen LogP contribution in [0.4, 0.5) is 5.69 Å². The number of para-hydroxylation sites is 1. The molecular weight excluding hydrogens is 266 g/mol. The summed E-state index contributed by atoms with van der Waals surface area (Å²) in [5.74, 6) is 1.29. The largest absolute Gasteiger partial charge is 0.497 e. The van der Waals surface area contributed by atoms with Gasteiger partial charge in [0.15, 0.2) is 0 Å². The van der Waals surface area contributed by atoms with E-state index in [0.29, 0.717) is 11.5 Å². The number of carbonyl (C=O) groups excluding carboxylic acids is 1. The van der Waals surface area contributed by atoms with Gasteiger partial charge in [-0.15, -0.1) is 0 Å². The molecule has 2 rings (SSSR count). The van der Waals surface area contributed by atoms with Gasteiger partial charge in [-0.1, -0.05) is 18.2 Å². The van der Waals surface area contributed by atoms with E-state index >= 15 is 0 Å². The number of carbonyl (C=O) groups is 1. The molecule has 0 radical (unpaired) electrons. The Labute approximate surface area is 124 Å². The monoisotopic (exact) mass is 285 g/mol. The van der Waals surface area contributed by atoms with Crippen LogP contribution in [0.5, 0.6) is 11.5 Å². The van der Waals surface area contributed by atoms with Crippen molar-refractivity contribution >= 4 is 11.6 Å². The molecule has 0 fully saturated rings. The number of hydrogen-bond donors (Lipinski definition) is 1. The van der Waals surface area contributed by atoms with Gasteiger partial charge < -0.3 is 14.8 Å². The Morgan fingerprint density at radius 2 is 1.86 bits per heavy atom. The van der Waals surface area contributed by atoms with Crippen LogP contribution in [0.2, 0.25) is 0 Å². The molecule has 110 valence electrons. The van der Waals surface area contributed by atoms with E-state index < -0.39 is 0 Å². The van der Waals surface area contributed by atoms with E-state index in [1.165, 1.54) is 0 Å². The molecule has 1 amide bonds. The van der Waals surface area contributed by atoms with E-state index in [0.717, 1.165) is 16.8 Å². The van der Waals surface area contributed by atoms with E-state index in [2.05, 4.69) is 5.32 Å². The van der Waals surface area contributed by atoms with Crippen LogP contribution >= 0.6 is 0 Å². The van der Waals surface area contributed by atoms with Gasteiger partial charge in [0, 0.05) is 11.3 Å². The summed E-state index contributed by atoms with van der Waals surface area (Å²) in [5.41, 5.74) is 2.65. The lowest BCUT2D eigenvalue weighted by Gasteiger charge is -2.11. The van der Waals surface area contributed by atoms with Gasteiger partial charge in [-0.3, -0.25) is 4.79 Å². The smallest absolute Gasteiger partial charge is 0.228 e. The Balaban J connectivity index is 2.14. The Kier molecular flexibility index (Phi) is 4.82. The third kappa shape index (κ3) is 3.75. The molecule has 0 bridgehead atoms. The molecule has 0 heterocycles. The molecular formula is C17H19NO3. The zero-order valence-electron chi connectivity index (χ0n) is 12.5. The fraction of sp³-hybridized carbons (Fsp3) is 0.235. The maximum atomic E-state index is 12.2. The van der Waals surface area contributed by atoms with Crippen LogP contribution in [0, 0.1) is 6.92 Å². The van der Waals surface area contributed by atoms with Crippen molar-refractivity contribution in [1.29, 1.82) is 0 Å². The third-order valence-electron chi connectivity index (χ3n) is 3.26. The van der Waals surface area contributed by atoms with Gasteiger partial charge in [-0.25, -0.2) is 0 Å². The number of aryl methyl sites for hydroxylation is 1. The molecule has 2 aromatic rings. The van der Waals surface area contributed by atoms with Gasteiger partial charge in [0.2, 0.25) is 5.91 Å². The summed E-state index contributed by atoms with van der Waals surface area (Å²) in [6.07, 6.45) is 0.231. The predicted octanol–water partition coefficient (Wildman–Crippen LogP) is 3.19. The van der Waals surface area contributed by atoms with E-state index in [1.807, 2.05) is 43.3 Å². The quantitative estimate of drug-likeness (QED) is 0.917. The normalized spacial score (nSPS) is 10.0. The van der Waals surface area contributed by atoms with Crippen molar-refractivity contribution in [3.8, 4) is 11.5 Å². The molecule has 4 nitrogen and oxygen atoms in total.